The van der Waals surface area contributed by atoms with Crippen molar-refractivity contribution in [3.05, 3.63) is 36.0 Å². The summed E-state index contributed by atoms with van der Waals surface area (Å²) >= 11 is 0. The van der Waals surface area contributed by atoms with E-state index in [1.165, 1.54) is 6.92 Å². The van der Waals surface area contributed by atoms with Crippen LogP contribution in [0.15, 0.2) is 30.3 Å². The molecule has 2 heterocycles. The number of hydrogen-bond donors (Lipinski definition) is 3. The van der Waals surface area contributed by atoms with Crippen LogP contribution in [0.2, 0.25) is 0 Å². The molecule has 0 radical (unpaired) electrons. The molecule has 1 aliphatic heterocycles. The molecule has 0 unspecified atom stereocenters. The van der Waals surface area contributed by atoms with E-state index >= 15 is 0 Å². The van der Waals surface area contributed by atoms with Crippen LogP contribution in [0.5, 0.6) is 0 Å². The smallest absolute Gasteiger partial charge is 0.319 e. The number of nitrogens with zero attached hydrogens (tertiary/aromatic N) is 3. The number of aromatic nitrogens is 2. The van der Waals surface area contributed by atoms with Gasteiger partial charge in [0.1, 0.15) is 5.82 Å². The number of nitrogens with one attached hydrogen (secondary N) is 3. The van der Waals surface area contributed by atoms with Gasteiger partial charge in [0.25, 0.3) is 0 Å². The Bertz CT molecular complexity index is 1200. The lowest BCUT2D eigenvalue weighted by atomic mass is 10.2. The summed E-state index contributed by atoms with van der Waals surface area (Å²) in [5, 5.41) is 8.20. The Hall–Kier alpha value is -3.25. The van der Waals surface area contributed by atoms with E-state index in [-0.39, 0.29) is 42.1 Å². The molecule has 1 atom stereocenters. The number of anilines is 2. The van der Waals surface area contributed by atoms with Gasteiger partial charge in [-0.2, -0.15) is 0 Å². The van der Waals surface area contributed by atoms with Crippen LogP contribution in [0.1, 0.15) is 32.4 Å². The van der Waals surface area contributed by atoms with Crippen molar-refractivity contribution in [2.75, 3.05) is 42.3 Å². The lowest BCUT2D eigenvalue weighted by molar-refractivity contribution is -0.118. The summed E-state index contributed by atoms with van der Waals surface area (Å²) in [5.41, 5.74) is 1.71. The van der Waals surface area contributed by atoms with Gasteiger partial charge in [-0.1, -0.05) is 0 Å². The summed E-state index contributed by atoms with van der Waals surface area (Å²) in [6, 6.07) is 8.92. The molecule has 0 spiro atoms. The SMILES string of the molecule is CC(=O)NCCS(=O)(=O)Cc1cc(N2CCOC[C@@H]2C)nc(-c2ccc(NC(=O)NC3CC3)cc2)n1. The zero-order valence-electron chi connectivity index (χ0n) is 20.5. The lowest BCUT2D eigenvalue weighted by Crippen LogP contribution is -2.44. The molecule has 4 rings (SSSR count). The summed E-state index contributed by atoms with van der Waals surface area (Å²) in [6.45, 7) is 5.15. The Morgan fingerprint density at radius 3 is 2.58 bits per heavy atom. The average molecular weight is 517 g/mol. The van der Waals surface area contributed by atoms with Crippen molar-refractivity contribution in [2.24, 2.45) is 0 Å². The summed E-state index contributed by atoms with van der Waals surface area (Å²) in [7, 11) is -3.52. The van der Waals surface area contributed by atoms with Crippen LogP contribution in [-0.4, -0.2) is 74.5 Å². The van der Waals surface area contributed by atoms with Gasteiger partial charge in [0, 0.05) is 43.4 Å². The van der Waals surface area contributed by atoms with Crippen molar-refractivity contribution < 1.29 is 22.7 Å². The van der Waals surface area contributed by atoms with Crippen LogP contribution in [-0.2, 0) is 25.1 Å². The van der Waals surface area contributed by atoms with Crippen LogP contribution in [0.3, 0.4) is 0 Å². The molecule has 1 aromatic carbocycles. The van der Waals surface area contributed by atoms with E-state index in [0.717, 1.165) is 12.8 Å². The van der Waals surface area contributed by atoms with Crippen LogP contribution in [0.4, 0.5) is 16.3 Å². The third kappa shape index (κ3) is 7.37. The van der Waals surface area contributed by atoms with Gasteiger partial charge in [0.15, 0.2) is 15.7 Å². The molecule has 36 heavy (non-hydrogen) atoms. The molecule has 2 aromatic rings. The van der Waals surface area contributed by atoms with Crippen molar-refractivity contribution >= 4 is 33.3 Å². The first-order valence-corrected chi connectivity index (χ1v) is 13.9. The Morgan fingerprint density at radius 2 is 1.92 bits per heavy atom. The summed E-state index contributed by atoms with van der Waals surface area (Å²) in [6.07, 6.45) is 2.01. The molecule has 3 N–H and O–H groups in total. The second-order valence-corrected chi connectivity index (χ2v) is 11.4. The Kier molecular flexibility index (Phi) is 8.04. The second-order valence-electron chi connectivity index (χ2n) is 9.18. The highest BCUT2D eigenvalue weighted by atomic mass is 32.2. The molecule has 0 bridgehead atoms. The van der Waals surface area contributed by atoms with Gasteiger partial charge in [-0.15, -0.1) is 0 Å². The van der Waals surface area contributed by atoms with Gasteiger partial charge in [0.2, 0.25) is 5.91 Å². The number of morpholine rings is 1. The van der Waals surface area contributed by atoms with Crippen LogP contribution >= 0.6 is 0 Å². The fourth-order valence-corrected chi connectivity index (χ4v) is 5.02. The van der Waals surface area contributed by atoms with Gasteiger partial charge in [-0.25, -0.2) is 23.2 Å². The van der Waals surface area contributed by atoms with Gasteiger partial charge in [-0.3, -0.25) is 4.79 Å². The highest BCUT2D eigenvalue weighted by Gasteiger charge is 2.24. The molecule has 1 saturated heterocycles. The number of urea groups is 1. The van der Waals surface area contributed by atoms with Gasteiger partial charge >= 0.3 is 6.03 Å². The summed E-state index contributed by atoms with van der Waals surface area (Å²) in [4.78, 5) is 34.5. The first-order valence-electron chi connectivity index (χ1n) is 12.0. The van der Waals surface area contributed by atoms with E-state index in [9.17, 15) is 18.0 Å². The number of carbonyl (C=O) groups is 2. The average Bonchev–Trinajstić information content (AvgIpc) is 3.62. The number of hydrogen-bond acceptors (Lipinski definition) is 8. The molecular weight excluding hydrogens is 484 g/mol. The number of ether oxygens (including phenoxy) is 1. The standard InChI is InChI=1S/C24H32N6O5S/c1-16-14-35-11-10-30(16)22-13-21(15-36(33,34)12-9-25-17(2)31)26-23(29-22)18-3-5-19(6-4-18)27-24(32)28-20-7-8-20/h3-6,13,16,20H,7-12,14-15H2,1-2H3,(H,25,31)(H2,27,28,32)/t16-/m0/s1. The van der Waals surface area contributed by atoms with Crippen molar-refractivity contribution in [2.45, 2.75) is 44.5 Å². The van der Waals surface area contributed by atoms with Crippen LogP contribution in [0, 0.1) is 0 Å². The molecule has 11 nitrogen and oxygen atoms in total. The molecule has 3 amide bonds. The highest BCUT2D eigenvalue weighted by molar-refractivity contribution is 7.90. The van der Waals surface area contributed by atoms with Gasteiger partial charge in [-0.05, 0) is 44.0 Å². The maximum Gasteiger partial charge on any atom is 0.319 e. The highest BCUT2D eigenvalue weighted by Crippen LogP contribution is 2.25. The largest absolute Gasteiger partial charge is 0.377 e. The van der Waals surface area contributed by atoms with E-state index in [2.05, 4.69) is 25.8 Å². The number of benzene rings is 1. The zero-order valence-corrected chi connectivity index (χ0v) is 21.3. The topological polar surface area (TPSA) is 143 Å². The molecule has 12 heteroatoms. The third-order valence-electron chi connectivity index (χ3n) is 5.90. The van der Waals surface area contributed by atoms with Crippen molar-refractivity contribution in [1.82, 2.24) is 20.6 Å². The molecule has 1 aliphatic carbocycles. The molecule has 194 valence electrons. The molecule has 2 fully saturated rings. The second kappa shape index (κ2) is 11.2. The number of sulfone groups is 1. The summed E-state index contributed by atoms with van der Waals surface area (Å²) < 4.78 is 31.0. The van der Waals surface area contributed by atoms with Crippen molar-refractivity contribution in [3.8, 4) is 11.4 Å². The molecule has 1 saturated carbocycles. The van der Waals surface area contributed by atoms with E-state index in [1.54, 1.807) is 30.3 Å². The van der Waals surface area contributed by atoms with Crippen molar-refractivity contribution in [3.63, 3.8) is 0 Å². The minimum absolute atomic E-state index is 0.0474. The first kappa shape index (κ1) is 25.8. The van der Waals surface area contributed by atoms with Crippen LogP contribution in [0.25, 0.3) is 11.4 Å². The quantitative estimate of drug-likeness (QED) is 0.457. The minimum atomic E-state index is -3.52. The Morgan fingerprint density at radius 1 is 1.17 bits per heavy atom. The first-order chi connectivity index (χ1) is 17.2. The Labute approximate surface area is 210 Å². The normalized spacial score (nSPS) is 17.9. The minimum Gasteiger partial charge on any atom is -0.377 e. The monoisotopic (exact) mass is 516 g/mol. The van der Waals surface area contributed by atoms with Gasteiger partial charge < -0.3 is 25.6 Å². The fourth-order valence-electron chi connectivity index (χ4n) is 3.86. The zero-order chi connectivity index (χ0) is 25.7. The van der Waals surface area contributed by atoms with Crippen molar-refractivity contribution in [1.29, 1.82) is 0 Å². The number of amides is 3. The van der Waals surface area contributed by atoms with E-state index < -0.39 is 9.84 Å². The van der Waals surface area contributed by atoms with E-state index in [0.29, 0.717) is 48.3 Å². The van der Waals surface area contributed by atoms with Crippen LogP contribution < -0.4 is 20.9 Å². The maximum absolute atomic E-state index is 12.7. The Balaban J connectivity index is 1.57. The molecule has 2 aliphatic rings. The van der Waals surface area contributed by atoms with E-state index in [4.69, 9.17) is 9.72 Å². The van der Waals surface area contributed by atoms with Gasteiger partial charge in [0.05, 0.1) is 36.5 Å². The fraction of sp³-hybridized carbons (Fsp3) is 0.500. The predicted octanol–water partition coefficient (Wildman–Crippen LogP) is 1.70. The number of carbonyl (C=O) groups excluding carboxylic acids is 2. The number of rotatable bonds is 9. The summed E-state index contributed by atoms with van der Waals surface area (Å²) in [5.74, 6) is 0.301. The lowest BCUT2D eigenvalue weighted by Gasteiger charge is -2.34. The molecule has 1 aromatic heterocycles. The van der Waals surface area contributed by atoms with E-state index in [1.807, 2.05) is 6.92 Å². The maximum atomic E-state index is 12.7. The molecular formula is C24H32N6O5S. The predicted molar refractivity (Wildman–Crippen MR) is 136 cm³/mol. The third-order valence-corrected chi connectivity index (χ3v) is 7.46.